The average Bonchev–Trinajstić information content (AvgIpc) is 2.98. The van der Waals surface area contributed by atoms with Gasteiger partial charge >= 0.3 is 0 Å². The molecule has 3 heteroatoms. The van der Waals surface area contributed by atoms with Crippen LogP contribution in [-0.2, 0) is 12.1 Å². The van der Waals surface area contributed by atoms with Crippen LogP contribution in [0.3, 0.4) is 0 Å². The van der Waals surface area contributed by atoms with Crippen molar-refractivity contribution in [3.8, 4) is 0 Å². The second-order valence-electron chi connectivity index (χ2n) is 4.34. The van der Waals surface area contributed by atoms with Crippen molar-refractivity contribution in [3.63, 3.8) is 0 Å². The van der Waals surface area contributed by atoms with Crippen LogP contribution in [0.1, 0.15) is 34.3 Å². The molecule has 1 amide bonds. The molecule has 1 aromatic carbocycles. The van der Waals surface area contributed by atoms with Gasteiger partial charge in [0.1, 0.15) is 5.67 Å². The lowest BCUT2D eigenvalue weighted by Crippen LogP contribution is -2.31. The lowest BCUT2D eigenvalue weighted by atomic mass is 9.96. The SMILES string of the molecule is O=C1NCCc2cc(C3(F)CC3)ccc21. The standard InChI is InChI=1S/C12H12FNO/c13-12(4-5-12)9-1-2-10-8(7-9)3-6-14-11(10)15/h1-2,7H,3-6H2,(H,14,15). The topological polar surface area (TPSA) is 29.1 Å². The molecule has 0 bridgehead atoms. The van der Waals surface area contributed by atoms with Crippen molar-refractivity contribution in [2.24, 2.45) is 0 Å². The molecular formula is C12H12FNO. The summed E-state index contributed by atoms with van der Waals surface area (Å²) in [5.41, 5.74) is 1.34. The van der Waals surface area contributed by atoms with Crippen molar-refractivity contribution in [1.29, 1.82) is 0 Å². The van der Waals surface area contributed by atoms with E-state index >= 15 is 0 Å². The van der Waals surface area contributed by atoms with Gasteiger partial charge in [0.15, 0.2) is 0 Å². The normalized spacial score (nSPS) is 21.8. The van der Waals surface area contributed by atoms with Crippen molar-refractivity contribution in [3.05, 3.63) is 34.9 Å². The van der Waals surface area contributed by atoms with Crippen molar-refractivity contribution in [2.75, 3.05) is 6.54 Å². The predicted octanol–water partition coefficient (Wildman–Crippen LogP) is 1.93. The summed E-state index contributed by atoms with van der Waals surface area (Å²) in [6, 6.07) is 5.36. The van der Waals surface area contributed by atoms with Gasteiger partial charge in [-0.05, 0) is 36.5 Å². The second kappa shape index (κ2) is 2.81. The molecule has 0 saturated heterocycles. The summed E-state index contributed by atoms with van der Waals surface area (Å²) in [7, 11) is 0. The van der Waals surface area contributed by atoms with Gasteiger partial charge < -0.3 is 5.32 Å². The van der Waals surface area contributed by atoms with Gasteiger partial charge in [-0.2, -0.15) is 0 Å². The summed E-state index contributed by atoms with van der Waals surface area (Å²) in [5, 5.41) is 2.78. The number of alkyl halides is 1. The van der Waals surface area contributed by atoms with E-state index in [1.165, 1.54) is 0 Å². The fourth-order valence-electron chi connectivity index (χ4n) is 2.11. The first-order valence-corrected chi connectivity index (χ1v) is 5.30. The van der Waals surface area contributed by atoms with Crippen molar-refractivity contribution in [2.45, 2.75) is 24.9 Å². The lowest BCUT2D eigenvalue weighted by Gasteiger charge is -2.18. The van der Waals surface area contributed by atoms with Gasteiger partial charge in [0.25, 0.3) is 5.91 Å². The number of nitrogens with one attached hydrogen (secondary N) is 1. The summed E-state index contributed by atoms with van der Waals surface area (Å²) >= 11 is 0. The Morgan fingerprint density at radius 1 is 1.33 bits per heavy atom. The van der Waals surface area contributed by atoms with Crippen molar-refractivity contribution < 1.29 is 9.18 Å². The minimum Gasteiger partial charge on any atom is -0.352 e. The minimum absolute atomic E-state index is 0.0356. The molecule has 78 valence electrons. The van der Waals surface area contributed by atoms with E-state index in [0.29, 0.717) is 24.9 Å². The molecule has 0 atom stereocenters. The smallest absolute Gasteiger partial charge is 0.251 e. The summed E-state index contributed by atoms with van der Waals surface area (Å²) < 4.78 is 13.8. The quantitative estimate of drug-likeness (QED) is 0.745. The third kappa shape index (κ3) is 1.34. The minimum atomic E-state index is -1.09. The van der Waals surface area contributed by atoms with Crippen LogP contribution < -0.4 is 5.32 Å². The Bertz CT molecular complexity index is 437. The predicted molar refractivity (Wildman–Crippen MR) is 54.5 cm³/mol. The summed E-state index contributed by atoms with van der Waals surface area (Å²) in [6.07, 6.45) is 2.06. The third-order valence-corrected chi connectivity index (χ3v) is 3.24. The Hall–Kier alpha value is -1.38. The zero-order valence-corrected chi connectivity index (χ0v) is 8.35. The monoisotopic (exact) mass is 205 g/mol. The van der Waals surface area contributed by atoms with Gasteiger partial charge in [0, 0.05) is 12.1 Å². The highest BCUT2D eigenvalue weighted by molar-refractivity contribution is 5.96. The van der Waals surface area contributed by atoms with E-state index in [9.17, 15) is 9.18 Å². The largest absolute Gasteiger partial charge is 0.352 e. The highest BCUT2D eigenvalue weighted by Gasteiger charge is 2.45. The van der Waals surface area contributed by atoms with Crippen LogP contribution >= 0.6 is 0 Å². The first-order valence-electron chi connectivity index (χ1n) is 5.30. The average molecular weight is 205 g/mol. The molecule has 1 saturated carbocycles. The molecule has 1 aliphatic heterocycles. The molecule has 0 aromatic heterocycles. The lowest BCUT2D eigenvalue weighted by molar-refractivity contribution is 0.0946. The number of rotatable bonds is 1. The summed E-state index contributed by atoms with van der Waals surface area (Å²) in [5.74, 6) is -0.0356. The van der Waals surface area contributed by atoms with E-state index in [0.717, 1.165) is 17.5 Å². The van der Waals surface area contributed by atoms with E-state index < -0.39 is 5.67 Å². The van der Waals surface area contributed by atoms with E-state index in [1.54, 1.807) is 12.1 Å². The number of amides is 1. The van der Waals surface area contributed by atoms with Crippen molar-refractivity contribution >= 4 is 5.91 Å². The fourth-order valence-corrected chi connectivity index (χ4v) is 2.11. The zero-order chi connectivity index (χ0) is 10.5. The number of benzene rings is 1. The van der Waals surface area contributed by atoms with E-state index in [1.807, 2.05) is 6.07 Å². The van der Waals surface area contributed by atoms with Crippen LogP contribution in [0.2, 0.25) is 0 Å². The first kappa shape index (κ1) is 8.89. The molecule has 15 heavy (non-hydrogen) atoms. The van der Waals surface area contributed by atoms with Crippen LogP contribution in [0.4, 0.5) is 4.39 Å². The zero-order valence-electron chi connectivity index (χ0n) is 8.35. The first-order chi connectivity index (χ1) is 7.19. The van der Waals surface area contributed by atoms with Gasteiger partial charge in [0.2, 0.25) is 0 Å². The maximum Gasteiger partial charge on any atom is 0.251 e. The second-order valence-corrected chi connectivity index (χ2v) is 4.34. The Kier molecular flexibility index (Phi) is 1.67. The molecular weight excluding hydrogens is 193 g/mol. The molecule has 3 rings (SSSR count). The Morgan fingerprint density at radius 3 is 2.87 bits per heavy atom. The highest BCUT2D eigenvalue weighted by atomic mass is 19.1. The van der Waals surface area contributed by atoms with Crippen LogP contribution in [-0.4, -0.2) is 12.5 Å². The molecule has 1 N–H and O–H groups in total. The molecule has 0 radical (unpaired) electrons. The molecule has 1 aromatic rings. The number of halogens is 1. The van der Waals surface area contributed by atoms with Crippen LogP contribution in [0, 0.1) is 0 Å². The van der Waals surface area contributed by atoms with Gasteiger partial charge in [-0.25, -0.2) is 4.39 Å². The number of carbonyl (C=O) groups is 1. The Morgan fingerprint density at radius 2 is 2.13 bits per heavy atom. The van der Waals surface area contributed by atoms with Crippen LogP contribution in [0.5, 0.6) is 0 Å². The van der Waals surface area contributed by atoms with Gasteiger partial charge in [-0.15, -0.1) is 0 Å². The number of hydrogen-bond acceptors (Lipinski definition) is 1. The van der Waals surface area contributed by atoms with Crippen molar-refractivity contribution in [1.82, 2.24) is 5.32 Å². The van der Waals surface area contributed by atoms with Gasteiger partial charge in [-0.3, -0.25) is 4.79 Å². The molecule has 0 spiro atoms. The molecule has 2 aliphatic rings. The number of hydrogen-bond donors (Lipinski definition) is 1. The number of carbonyl (C=O) groups excluding carboxylic acids is 1. The highest BCUT2D eigenvalue weighted by Crippen LogP contribution is 2.49. The molecule has 1 heterocycles. The van der Waals surface area contributed by atoms with Gasteiger partial charge in [0.05, 0.1) is 0 Å². The molecule has 1 fully saturated rings. The summed E-state index contributed by atoms with van der Waals surface area (Å²) in [4.78, 5) is 11.5. The molecule has 0 unspecified atom stereocenters. The van der Waals surface area contributed by atoms with Crippen LogP contribution in [0.15, 0.2) is 18.2 Å². The summed E-state index contributed by atoms with van der Waals surface area (Å²) in [6.45, 7) is 0.661. The van der Waals surface area contributed by atoms with Crippen LogP contribution in [0.25, 0.3) is 0 Å². The van der Waals surface area contributed by atoms with Gasteiger partial charge in [-0.1, -0.05) is 12.1 Å². The molecule has 2 nitrogen and oxygen atoms in total. The molecule has 1 aliphatic carbocycles. The fraction of sp³-hybridized carbons (Fsp3) is 0.417. The van der Waals surface area contributed by atoms with E-state index in [4.69, 9.17) is 0 Å². The third-order valence-electron chi connectivity index (χ3n) is 3.24. The maximum atomic E-state index is 13.8. The Balaban J connectivity index is 2.05. The Labute approximate surface area is 87.5 Å². The van der Waals surface area contributed by atoms with E-state index in [2.05, 4.69) is 5.32 Å². The maximum absolute atomic E-state index is 13.8. The van der Waals surface area contributed by atoms with E-state index in [-0.39, 0.29) is 5.91 Å². The number of fused-ring (bicyclic) bond motifs is 1.